The lowest BCUT2D eigenvalue weighted by Crippen LogP contribution is -2.28. The second-order valence-electron chi connectivity index (χ2n) is 6.29. The topological polar surface area (TPSA) is 49.4 Å². The number of halogens is 2. The number of rotatable bonds is 3. The van der Waals surface area contributed by atoms with Crippen LogP contribution in [0.1, 0.15) is 17.5 Å². The molecule has 3 rings (SSSR count). The van der Waals surface area contributed by atoms with Crippen molar-refractivity contribution in [3.8, 4) is 0 Å². The second kappa shape index (κ2) is 7.06. The number of carbonyl (C=O) groups excluding carboxylic acids is 2. The number of nitrogens with one attached hydrogen (secondary N) is 1. The summed E-state index contributed by atoms with van der Waals surface area (Å²) in [6, 6.07) is 11.0. The van der Waals surface area contributed by atoms with E-state index in [9.17, 15) is 9.59 Å². The van der Waals surface area contributed by atoms with Crippen LogP contribution in [0.3, 0.4) is 0 Å². The first-order chi connectivity index (χ1) is 11.9. The van der Waals surface area contributed by atoms with Gasteiger partial charge in [0.15, 0.2) is 0 Å². The van der Waals surface area contributed by atoms with Gasteiger partial charge in [-0.3, -0.25) is 9.59 Å². The van der Waals surface area contributed by atoms with E-state index in [1.54, 1.807) is 23.1 Å². The maximum absolute atomic E-state index is 12.5. The van der Waals surface area contributed by atoms with Crippen LogP contribution in [0.5, 0.6) is 0 Å². The van der Waals surface area contributed by atoms with E-state index in [0.717, 1.165) is 16.8 Å². The molecule has 1 aliphatic heterocycles. The highest BCUT2D eigenvalue weighted by molar-refractivity contribution is 6.44. The quantitative estimate of drug-likeness (QED) is 0.850. The maximum Gasteiger partial charge on any atom is 0.229 e. The van der Waals surface area contributed by atoms with Crippen LogP contribution in [0.25, 0.3) is 0 Å². The summed E-state index contributed by atoms with van der Waals surface area (Å²) in [6.07, 6.45) is 0.178. The van der Waals surface area contributed by atoms with Gasteiger partial charge in [-0.2, -0.15) is 0 Å². The Morgan fingerprint density at radius 3 is 2.68 bits per heavy atom. The highest BCUT2D eigenvalue weighted by atomic mass is 35.5. The van der Waals surface area contributed by atoms with Gasteiger partial charge in [-0.15, -0.1) is 0 Å². The van der Waals surface area contributed by atoms with Crippen LogP contribution in [-0.4, -0.2) is 18.4 Å². The first kappa shape index (κ1) is 17.8. The van der Waals surface area contributed by atoms with Crippen LogP contribution < -0.4 is 10.2 Å². The summed E-state index contributed by atoms with van der Waals surface area (Å²) in [5, 5.41) is 3.45. The van der Waals surface area contributed by atoms with Crippen molar-refractivity contribution in [1.82, 2.24) is 0 Å². The molecule has 1 aliphatic rings. The lowest BCUT2D eigenvalue weighted by Gasteiger charge is -2.19. The lowest BCUT2D eigenvalue weighted by molar-refractivity contribution is -0.122. The van der Waals surface area contributed by atoms with Crippen molar-refractivity contribution in [2.24, 2.45) is 5.92 Å². The molecule has 1 heterocycles. The van der Waals surface area contributed by atoms with Crippen molar-refractivity contribution in [3.05, 3.63) is 57.6 Å². The van der Waals surface area contributed by atoms with Gasteiger partial charge < -0.3 is 10.2 Å². The standard InChI is InChI=1S/C19H18Cl2N2O2/c1-11-6-7-16(12(2)8-11)23-10-13(9-17(23)24)19(25)22-15-5-3-4-14(20)18(15)21/h3-8,13H,9-10H2,1-2H3,(H,22,25)/t13-/m1/s1. The Balaban J connectivity index is 1.75. The molecule has 1 atom stereocenters. The van der Waals surface area contributed by atoms with E-state index in [4.69, 9.17) is 23.2 Å². The Morgan fingerprint density at radius 1 is 1.20 bits per heavy atom. The Labute approximate surface area is 156 Å². The molecule has 0 aromatic heterocycles. The summed E-state index contributed by atoms with van der Waals surface area (Å²) in [4.78, 5) is 26.6. The van der Waals surface area contributed by atoms with Gasteiger partial charge in [-0.25, -0.2) is 0 Å². The third-order valence-electron chi connectivity index (χ3n) is 4.35. The maximum atomic E-state index is 12.5. The molecule has 2 aromatic rings. The van der Waals surface area contributed by atoms with Gasteiger partial charge in [0.2, 0.25) is 11.8 Å². The van der Waals surface area contributed by atoms with Crippen LogP contribution in [0.2, 0.25) is 10.0 Å². The van der Waals surface area contributed by atoms with Crippen molar-refractivity contribution < 1.29 is 9.59 Å². The molecule has 2 aromatic carbocycles. The Kier molecular flexibility index (Phi) is 5.02. The van der Waals surface area contributed by atoms with Crippen LogP contribution in [0.15, 0.2) is 36.4 Å². The first-order valence-corrected chi connectivity index (χ1v) is 8.75. The predicted molar refractivity (Wildman–Crippen MR) is 101 cm³/mol. The molecule has 0 bridgehead atoms. The Hall–Kier alpha value is -2.04. The van der Waals surface area contributed by atoms with Gasteiger partial charge in [0, 0.05) is 18.7 Å². The smallest absolute Gasteiger partial charge is 0.229 e. The highest BCUT2D eigenvalue weighted by Crippen LogP contribution is 2.32. The van der Waals surface area contributed by atoms with Gasteiger partial charge in [0.05, 0.1) is 21.7 Å². The average molecular weight is 377 g/mol. The fourth-order valence-corrected chi connectivity index (χ4v) is 3.41. The molecule has 1 N–H and O–H groups in total. The van der Waals surface area contributed by atoms with Gasteiger partial charge >= 0.3 is 0 Å². The molecule has 25 heavy (non-hydrogen) atoms. The zero-order valence-corrected chi connectivity index (χ0v) is 15.5. The van der Waals surface area contributed by atoms with E-state index < -0.39 is 5.92 Å². The van der Waals surface area contributed by atoms with Gasteiger partial charge in [-0.05, 0) is 37.6 Å². The number of benzene rings is 2. The molecule has 1 fully saturated rings. The summed E-state index contributed by atoms with van der Waals surface area (Å²) >= 11 is 12.1. The zero-order valence-electron chi connectivity index (χ0n) is 14.0. The largest absolute Gasteiger partial charge is 0.324 e. The molecule has 4 nitrogen and oxygen atoms in total. The summed E-state index contributed by atoms with van der Waals surface area (Å²) in [6.45, 7) is 4.33. The van der Waals surface area contributed by atoms with Crippen molar-refractivity contribution in [2.45, 2.75) is 20.3 Å². The van der Waals surface area contributed by atoms with E-state index in [1.807, 2.05) is 32.0 Å². The number of nitrogens with zero attached hydrogens (tertiary/aromatic N) is 1. The molecule has 0 aliphatic carbocycles. The minimum atomic E-state index is -0.428. The fourth-order valence-electron chi connectivity index (χ4n) is 3.06. The van der Waals surface area contributed by atoms with Crippen LogP contribution >= 0.6 is 23.2 Å². The van der Waals surface area contributed by atoms with Crippen LogP contribution in [0.4, 0.5) is 11.4 Å². The Morgan fingerprint density at radius 2 is 1.96 bits per heavy atom. The van der Waals surface area contributed by atoms with Gasteiger partial charge in [0.25, 0.3) is 0 Å². The zero-order chi connectivity index (χ0) is 18.1. The monoisotopic (exact) mass is 376 g/mol. The van der Waals surface area contributed by atoms with Crippen LogP contribution in [0, 0.1) is 19.8 Å². The Bertz CT molecular complexity index is 851. The van der Waals surface area contributed by atoms with Crippen molar-refractivity contribution in [1.29, 1.82) is 0 Å². The van der Waals surface area contributed by atoms with Crippen molar-refractivity contribution in [2.75, 3.05) is 16.8 Å². The summed E-state index contributed by atoms with van der Waals surface area (Å²) in [5.74, 6) is -0.711. The van der Waals surface area contributed by atoms with E-state index in [-0.39, 0.29) is 18.2 Å². The summed E-state index contributed by atoms with van der Waals surface area (Å²) in [5.41, 5.74) is 3.47. The minimum absolute atomic E-state index is 0.0516. The number of hydrogen-bond donors (Lipinski definition) is 1. The van der Waals surface area contributed by atoms with E-state index in [2.05, 4.69) is 5.32 Å². The highest BCUT2D eigenvalue weighted by Gasteiger charge is 2.35. The van der Waals surface area contributed by atoms with E-state index in [0.29, 0.717) is 22.3 Å². The lowest BCUT2D eigenvalue weighted by atomic mass is 10.1. The van der Waals surface area contributed by atoms with Crippen molar-refractivity contribution >= 4 is 46.4 Å². The molecular weight excluding hydrogens is 359 g/mol. The average Bonchev–Trinajstić information content (AvgIpc) is 2.94. The summed E-state index contributed by atoms with van der Waals surface area (Å²) < 4.78 is 0. The third kappa shape index (κ3) is 3.65. The number of amides is 2. The van der Waals surface area contributed by atoms with E-state index in [1.165, 1.54) is 0 Å². The molecule has 0 unspecified atom stereocenters. The molecule has 2 amide bonds. The number of carbonyl (C=O) groups is 2. The van der Waals surface area contributed by atoms with Crippen LogP contribution in [-0.2, 0) is 9.59 Å². The van der Waals surface area contributed by atoms with Gasteiger partial charge in [0.1, 0.15) is 0 Å². The molecular formula is C19H18Cl2N2O2. The number of anilines is 2. The van der Waals surface area contributed by atoms with Gasteiger partial charge in [-0.1, -0.05) is 47.0 Å². The predicted octanol–water partition coefficient (Wildman–Crippen LogP) is 4.60. The third-order valence-corrected chi connectivity index (χ3v) is 5.17. The first-order valence-electron chi connectivity index (χ1n) is 7.99. The summed E-state index contributed by atoms with van der Waals surface area (Å²) in [7, 11) is 0. The molecule has 0 saturated carbocycles. The van der Waals surface area contributed by atoms with Crippen molar-refractivity contribution in [3.63, 3.8) is 0 Å². The number of aryl methyl sites for hydroxylation is 2. The normalized spacial score (nSPS) is 17.0. The fraction of sp³-hybridized carbons (Fsp3) is 0.263. The molecule has 1 saturated heterocycles. The molecule has 130 valence electrons. The molecule has 0 radical (unpaired) electrons. The molecule has 0 spiro atoms. The molecule has 6 heteroatoms. The SMILES string of the molecule is Cc1ccc(N2C[C@H](C(=O)Nc3cccc(Cl)c3Cl)CC2=O)c(C)c1. The number of hydrogen-bond acceptors (Lipinski definition) is 2. The second-order valence-corrected chi connectivity index (χ2v) is 7.07. The van der Waals surface area contributed by atoms with E-state index >= 15 is 0 Å². The minimum Gasteiger partial charge on any atom is -0.324 e.